The van der Waals surface area contributed by atoms with Crippen molar-refractivity contribution in [3.05, 3.63) is 47.2 Å². The summed E-state index contributed by atoms with van der Waals surface area (Å²) >= 11 is 0. The van der Waals surface area contributed by atoms with Gasteiger partial charge in [0.1, 0.15) is 0 Å². The predicted octanol–water partition coefficient (Wildman–Crippen LogP) is 3.54. The molecule has 2 nitrogen and oxygen atoms in total. The fraction of sp³-hybridized carbons (Fsp3) is 0.312. The van der Waals surface area contributed by atoms with E-state index in [9.17, 15) is 0 Å². The number of hydrogen-bond acceptors (Lipinski definition) is 2. The summed E-state index contributed by atoms with van der Waals surface area (Å²) in [6, 6.07) is 10.5. The van der Waals surface area contributed by atoms with Gasteiger partial charge in [-0.15, -0.1) is 0 Å². The molecule has 0 fully saturated rings. The quantitative estimate of drug-likeness (QED) is 0.891. The lowest BCUT2D eigenvalue weighted by Gasteiger charge is -2.09. The van der Waals surface area contributed by atoms with Crippen LogP contribution in [0.1, 0.15) is 25.1 Å². The molecule has 94 valence electrons. The number of pyridine rings is 1. The summed E-state index contributed by atoms with van der Waals surface area (Å²) in [6.07, 6.45) is 2.18. The molecule has 0 atom stereocenters. The van der Waals surface area contributed by atoms with Crippen molar-refractivity contribution in [2.75, 3.05) is 6.54 Å². The smallest absolute Gasteiger partial charge is 0.0705 e. The molecule has 1 aromatic heterocycles. The monoisotopic (exact) mass is 240 g/mol. The predicted molar refractivity (Wildman–Crippen MR) is 78.3 cm³/mol. The van der Waals surface area contributed by atoms with Gasteiger partial charge in [0, 0.05) is 17.6 Å². The highest BCUT2D eigenvalue weighted by atomic mass is 14.7. The van der Waals surface area contributed by atoms with Crippen molar-refractivity contribution in [2.45, 2.75) is 20.8 Å². The molecule has 0 bridgehead atoms. The number of nitrogens with zero attached hydrogens (tertiary/aromatic N) is 1. The first-order chi connectivity index (χ1) is 8.60. The Bertz CT molecular complexity index is 583. The fourth-order valence-electron chi connectivity index (χ4n) is 2.01. The lowest BCUT2D eigenvalue weighted by atomic mass is 10.00. The van der Waals surface area contributed by atoms with Crippen LogP contribution in [0.2, 0.25) is 0 Å². The molecule has 2 N–H and O–H groups in total. The Morgan fingerprint density at radius 1 is 1.28 bits per heavy atom. The van der Waals surface area contributed by atoms with Gasteiger partial charge >= 0.3 is 0 Å². The van der Waals surface area contributed by atoms with Gasteiger partial charge in [-0.05, 0) is 36.6 Å². The van der Waals surface area contributed by atoms with Crippen LogP contribution in [-0.4, -0.2) is 11.5 Å². The molecule has 0 saturated carbocycles. The first-order valence-corrected chi connectivity index (χ1v) is 6.38. The van der Waals surface area contributed by atoms with E-state index in [0.29, 0.717) is 12.5 Å². The summed E-state index contributed by atoms with van der Waals surface area (Å²) in [6.45, 7) is 6.97. The molecule has 0 amide bonds. The zero-order valence-corrected chi connectivity index (χ0v) is 11.3. The highest BCUT2D eigenvalue weighted by molar-refractivity contribution is 5.81. The van der Waals surface area contributed by atoms with Gasteiger partial charge in [-0.25, -0.2) is 0 Å². The minimum absolute atomic E-state index is 0.488. The Morgan fingerprint density at radius 2 is 2.06 bits per heavy atom. The van der Waals surface area contributed by atoms with Gasteiger partial charge < -0.3 is 5.73 Å². The van der Waals surface area contributed by atoms with Crippen LogP contribution < -0.4 is 5.73 Å². The van der Waals surface area contributed by atoms with Crippen molar-refractivity contribution >= 4 is 17.0 Å². The average Bonchev–Trinajstić information content (AvgIpc) is 2.35. The molecule has 0 saturated heterocycles. The van der Waals surface area contributed by atoms with Crippen molar-refractivity contribution in [1.82, 2.24) is 4.98 Å². The molecule has 2 rings (SSSR count). The normalized spacial score (nSPS) is 12.4. The van der Waals surface area contributed by atoms with Crippen LogP contribution in [-0.2, 0) is 0 Å². The van der Waals surface area contributed by atoms with Gasteiger partial charge in [-0.2, -0.15) is 0 Å². The number of benzene rings is 1. The molecule has 0 unspecified atom stereocenters. The number of rotatable bonds is 3. The summed E-state index contributed by atoms with van der Waals surface area (Å²) < 4.78 is 0. The summed E-state index contributed by atoms with van der Waals surface area (Å²) in [4.78, 5) is 4.51. The van der Waals surface area contributed by atoms with Crippen LogP contribution in [0.4, 0.5) is 0 Å². The summed E-state index contributed by atoms with van der Waals surface area (Å²) in [5.74, 6) is 0.488. The first-order valence-electron chi connectivity index (χ1n) is 6.38. The molecule has 2 aromatic rings. The number of nitrogens with two attached hydrogens (primary N) is 1. The second-order valence-corrected chi connectivity index (χ2v) is 4.98. The molecule has 0 aliphatic heterocycles. The Kier molecular flexibility index (Phi) is 3.78. The SMILES string of the molecule is Cc1ccc2cc(/C=C(\CN)C(C)C)ccc2n1. The van der Waals surface area contributed by atoms with Crippen LogP contribution in [0.15, 0.2) is 35.9 Å². The molecule has 18 heavy (non-hydrogen) atoms. The molecular weight excluding hydrogens is 220 g/mol. The summed E-state index contributed by atoms with van der Waals surface area (Å²) in [5, 5.41) is 1.18. The molecule has 0 aliphatic carbocycles. The van der Waals surface area contributed by atoms with Gasteiger partial charge in [0.25, 0.3) is 0 Å². The van der Waals surface area contributed by atoms with E-state index in [4.69, 9.17) is 5.73 Å². The van der Waals surface area contributed by atoms with Crippen LogP contribution in [0, 0.1) is 12.8 Å². The number of fused-ring (bicyclic) bond motifs is 1. The lowest BCUT2D eigenvalue weighted by Crippen LogP contribution is -2.08. The average molecular weight is 240 g/mol. The Hall–Kier alpha value is -1.67. The summed E-state index contributed by atoms with van der Waals surface area (Å²) in [7, 11) is 0. The molecule has 0 aliphatic rings. The highest BCUT2D eigenvalue weighted by Crippen LogP contribution is 2.18. The van der Waals surface area contributed by atoms with Crippen LogP contribution in [0.3, 0.4) is 0 Å². The molecule has 1 aromatic carbocycles. The Balaban J connectivity index is 2.44. The van der Waals surface area contributed by atoms with Crippen molar-refractivity contribution < 1.29 is 0 Å². The topological polar surface area (TPSA) is 38.9 Å². The first kappa shape index (κ1) is 12.8. The van der Waals surface area contributed by atoms with Crippen molar-refractivity contribution in [1.29, 1.82) is 0 Å². The molecule has 0 spiro atoms. The zero-order chi connectivity index (χ0) is 13.1. The Labute approximate surface area is 109 Å². The van der Waals surface area contributed by atoms with E-state index in [-0.39, 0.29) is 0 Å². The molecule has 1 heterocycles. The molecule has 2 heteroatoms. The van der Waals surface area contributed by atoms with Crippen molar-refractivity contribution in [3.8, 4) is 0 Å². The fourth-order valence-corrected chi connectivity index (χ4v) is 2.01. The Morgan fingerprint density at radius 3 is 2.72 bits per heavy atom. The van der Waals surface area contributed by atoms with Crippen LogP contribution in [0.5, 0.6) is 0 Å². The molecular formula is C16H20N2. The summed E-state index contributed by atoms with van der Waals surface area (Å²) in [5.41, 5.74) is 10.3. The van der Waals surface area contributed by atoms with Gasteiger partial charge in [0.05, 0.1) is 5.52 Å². The third-order valence-corrected chi connectivity index (χ3v) is 3.18. The molecule has 0 radical (unpaired) electrons. The van der Waals surface area contributed by atoms with Gasteiger partial charge in [-0.3, -0.25) is 4.98 Å². The number of hydrogen-bond donors (Lipinski definition) is 1. The van der Waals surface area contributed by atoms with Gasteiger partial charge in [-0.1, -0.05) is 37.6 Å². The maximum atomic E-state index is 5.77. The second-order valence-electron chi connectivity index (χ2n) is 4.98. The second kappa shape index (κ2) is 5.32. The number of aromatic nitrogens is 1. The lowest BCUT2D eigenvalue weighted by molar-refractivity contribution is 0.753. The van der Waals surface area contributed by atoms with E-state index in [1.54, 1.807) is 0 Å². The van der Waals surface area contributed by atoms with E-state index >= 15 is 0 Å². The van der Waals surface area contributed by atoms with E-state index in [0.717, 1.165) is 11.2 Å². The van der Waals surface area contributed by atoms with Crippen molar-refractivity contribution in [2.24, 2.45) is 11.7 Å². The highest BCUT2D eigenvalue weighted by Gasteiger charge is 2.02. The zero-order valence-electron chi connectivity index (χ0n) is 11.3. The third kappa shape index (κ3) is 2.77. The van der Waals surface area contributed by atoms with Gasteiger partial charge in [0.2, 0.25) is 0 Å². The minimum atomic E-state index is 0.488. The maximum Gasteiger partial charge on any atom is 0.0705 e. The van der Waals surface area contributed by atoms with E-state index in [2.05, 4.69) is 49.2 Å². The number of aryl methyl sites for hydroxylation is 1. The minimum Gasteiger partial charge on any atom is -0.327 e. The van der Waals surface area contributed by atoms with E-state index in [1.807, 2.05) is 13.0 Å². The maximum absolute atomic E-state index is 5.77. The largest absolute Gasteiger partial charge is 0.327 e. The van der Waals surface area contributed by atoms with Crippen LogP contribution in [0.25, 0.3) is 17.0 Å². The standard InChI is InChI=1S/C16H20N2/c1-11(2)15(10-17)9-13-5-7-16-14(8-13)6-4-12(3)18-16/h4-9,11H,10,17H2,1-3H3/b15-9+. The van der Waals surface area contributed by atoms with Crippen molar-refractivity contribution in [3.63, 3.8) is 0 Å². The van der Waals surface area contributed by atoms with E-state index in [1.165, 1.54) is 16.5 Å². The van der Waals surface area contributed by atoms with E-state index < -0.39 is 0 Å². The van der Waals surface area contributed by atoms with Gasteiger partial charge in [0.15, 0.2) is 0 Å². The third-order valence-electron chi connectivity index (χ3n) is 3.18. The van der Waals surface area contributed by atoms with Crippen LogP contribution >= 0.6 is 0 Å².